The number of nitriles is 1. The quantitative estimate of drug-likeness (QED) is 0.670. The molecule has 1 aliphatic heterocycles. The van der Waals surface area contributed by atoms with Crippen LogP contribution >= 0.6 is 0 Å². The minimum absolute atomic E-state index is 0.0454. The zero-order chi connectivity index (χ0) is 15.4. The number of nitrogens with one attached hydrogen (secondary N) is 1. The first kappa shape index (κ1) is 14.8. The second-order valence-electron chi connectivity index (χ2n) is 4.97. The lowest BCUT2D eigenvalue weighted by molar-refractivity contribution is -0.384. The molecule has 2 rings (SSSR count). The van der Waals surface area contributed by atoms with Gasteiger partial charge in [-0.05, 0) is 25.0 Å². The molecule has 7 heteroatoms. The molecule has 7 nitrogen and oxygen atoms in total. The molecular weight excluding hydrogens is 272 g/mol. The van der Waals surface area contributed by atoms with Crippen LogP contribution < -0.4 is 10.2 Å². The second-order valence-corrected chi connectivity index (χ2v) is 4.97. The number of piperidine rings is 1. The van der Waals surface area contributed by atoms with Crippen molar-refractivity contribution < 1.29 is 9.72 Å². The van der Waals surface area contributed by atoms with E-state index in [1.54, 1.807) is 19.2 Å². The molecule has 1 aromatic rings. The molecule has 0 spiro atoms. The molecule has 0 aromatic heterocycles. The molecule has 0 saturated carbocycles. The highest BCUT2D eigenvalue weighted by Crippen LogP contribution is 2.32. The van der Waals surface area contributed by atoms with Crippen LogP contribution in [0.5, 0.6) is 0 Å². The van der Waals surface area contributed by atoms with Crippen LogP contribution in [0.15, 0.2) is 18.2 Å². The van der Waals surface area contributed by atoms with Gasteiger partial charge in [-0.3, -0.25) is 14.9 Å². The van der Waals surface area contributed by atoms with Gasteiger partial charge in [0.25, 0.3) is 5.69 Å². The van der Waals surface area contributed by atoms with E-state index in [9.17, 15) is 14.9 Å². The smallest absolute Gasteiger partial charge is 0.293 e. The number of anilines is 1. The van der Waals surface area contributed by atoms with Gasteiger partial charge in [0.15, 0.2) is 0 Å². The van der Waals surface area contributed by atoms with Crippen LogP contribution in [0, 0.1) is 27.4 Å². The molecule has 0 aliphatic carbocycles. The fraction of sp³-hybridized carbons (Fsp3) is 0.429. The number of nitro groups is 1. The van der Waals surface area contributed by atoms with Gasteiger partial charge in [-0.25, -0.2) is 0 Å². The zero-order valence-corrected chi connectivity index (χ0v) is 11.7. The molecule has 1 heterocycles. The van der Waals surface area contributed by atoms with Gasteiger partial charge in [0.05, 0.1) is 22.5 Å². The molecule has 1 saturated heterocycles. The van der Waals surface area contributed by atoms with Gasteiger partial charge in [0, 0.05) is 26.2 Å². The highest BCUT2D eigenvalue weighted by atomic mass is 16.6. The van der Waals surface area contributed by atoms with E-state index in [0.717, 1.165) is 12.8 Å². The molecule has 1 atom stereocenters. The van der Waals surface area contributed by atoms with Crippen molar-refractivity contribution in [2.75, 3.05) is 25.0 Å². The number of nitro benzene ring substituents is 1. The van der Waals surface area contributed by atoms with Crippen LogP contribution in [0.25, 0.3) is 0 Å². The number of hydrogen-bond acceptors (Lipinski definition) is 5. The molecular formula is C14H16N4O3. The van der Waals surface area contributed by atoms with Gasteiger partial charge < -0.3 is 10.2 Å². The molecule has 0 unspecified atom stereocenters. The van der Waals surface area contributed by atoms with E-state index in [1.165, 1.54) is 6.07 Å². The average Bonchev–Trinajstić information content (AvgIpc) is 2.53. The monoisotopic (exact) mass is 288 g/mol. The van der Waals surface area contributed by atoms with Crippen LogP contribution in [-0.4, -0.2) is 31.0 Å². The summed E-state index contributed by atoms with van der Waals surface area (Å²) in [5.41, 5.74) is 0.629. The first-order chi connectivity index (χ1) is 10.1. The molecule has 0 radical (unpaired) electrons. The summed E-state index contributed by atoms with van der Waals surface area (Å²) < 4.78 is 0. The number of amides is 1. The largest absolute Gasteiger partial charge is 0.365 e. The van der Waals surface area contributed by atoms with Gasteiger partial charge in [-0.2, -0.15) is 5.26 Å². The summed E-state index contributed by atoms with van der Waals surface area (Å²) in [7, 11) is 1.59. The molecule has 1 aliphatic rings. The second kappa shape index (κ2) is 6.22. The summed E-state index contributed by atoms with van der Waals surface area (Å²) in [5.74, 6) is -0.213. The Labute approximate surface area is 122 Å². The Kier molecular flexibility index (Phi) is 4.38. The maximum Gasteiger partial charge on any atom is 0.293 e. The van der Waals surface area contributed by atoms with Crippen LogP contribution in [-0.2, 0) is 4.79 Å². The predicted molar refractivity (Wildman–Crippen MR) is 76.8 cm³/mol. The van der Waals surface area contributed by atoms with Crippen molar-refractivity contribution in [2.45, 2.75) is 12.8 Å². The molecule has 0 bridgehead atoms. The van der Waals surface area contributed by atoms with Crippen molar-refractivity contribution in [3.8, 4) is 6.07 Å². The van der Waals surface area contributed by atoms with Crippen LogP contribution in [0.2, 0.25) is 0 Å². The molecule has 1 fully saturated rings. The summed E-state index contributed by atoms with van der Waals surface area (Å²) in [4.78, 5) is 24.3. The number of carbonyl (C=O) groups excluding carboxylic acids is 1. The van der Waals surface area contributed by atoms with E-state index >= 15 is 0 Å². The predicted octanol–water partition coefficient (Wildman–Crippen LogP) is 1.43. The summed E-state index contributed by atoms with van der Waals surface area (Å²) in [5, 5.41) is 22.7. The topological polar surface area (TPSA) is 99.3 Å². The van der Waals surface area contributed by atoms with E-state index in [1.807, 2.05) is 11.0 Å². The molecule has 21 heavy (non-hydrogen) atoms. The van der Waals surface area contributed by atoms with E-state index in [-0.39, 0.29) is 23.1 Å². The fourth-order valence-electron chi connectivity index (χ4n) is 2.62. The molecule has 1 amide bonds. The Morgan fingerprint density at radius 2 is 2.33 bits per heavy atom. The summed E-state index contributed by atoms with van der Waals surface area (Å²) in [6.07, 6.45) is 1.58. The average molecular weight is 288 g/mol. The maximum absolute atomic E-state index is 11.7. The molecule has 1 aromatic carbocycles. The van der Waals surface area contributed by atoms with Crippen molar-refractivity contribution >= 4 is 17.3 Å². The number of benzene rings is 1. The number of nitrogens with zero attached hydrogens (tertiary/aromatic N) is 3. The Bertz CT molecular complexity index is 609. The standard InChI is InChI=1S/C14H16N4O3/c1-16-14(19)11-3-2-6-17(9-11)12-5-4-10(8-15)7-13(12)18(20)21/h4-5,7,11H,2-3,6,9H2,1H3,(H,16,19)/t11-/m0/s1. The Morgan fingerprint density at radius 1 is 1.57 bits per heavy atom. The van der Waals surface area contributed by atoms with Gasteiger partial charge in [0.1, 0.15) is 5.69 Å². The lowest BCUT2D eigenvalue weighted by Gasteiger charge is -2.33. The van der Waals surface area contributed by atoms with Crippen molar-refractivity contribution in [3.63, 3.8) is 0 Å². The van der Waals surface area contributed by atoms with Crippen LogP contribution in [0.4, 0.5) is 11.4 Å². The Hall–Kier alpha value is -2.62. The summed E-state index contributed by atoms with van der Waals surface area (Å²) in [6, 6.07) is 6.33. The summed E-state index contributed by atoms with van der Waals surface area (Å²) >= 11 is 0. The molecule has 1 N–H and O–H groups in total. The summed E-state index contributed by atoms with van der Waals surface area (Å²) in [6.45, 7) is 1.12. The van der Waals surface area contributed by atoms with Crippen molar-refractivity contribution in [2.24, 2.45) is 5.92 Å². The van der Waals surface area contributed by atoms with Crippen molar-refractivity contribution in [3.05, 3.63) is 33.9 Å². The number of rotatable bonds is 3. The lowest BCUT2D eigenvalue weighted by atomic mass is 9.96. The Balaban J connectivity index is 2.31. The Morgan fingerprint density at radius 3 is 2.95 bits per heavy atom. The van der Waals surface area contributed by atoms with E-state index < -0.39 is 4.92 Å². The van der Waals surface area contributed by atoms with Gasteiger partial charge in [-0.1, -0.05) is 0 Å². The lowest BCUT2D eigenvalue weighted by Crippen LogP contribution is -2.42. The number of carbonyl (C=O) groups is 1. The van der Waals surface area contributed by atoms with Crippen molar-refractivity contribution in [1.82, 2.24) is 5.32 Å². The minimum Gasteiger partial charge on any atom is -0.365 e. The number of hydrogen-bond donors (Lipinski definition) is 1. The fourth-order valence-corrected chi connectivity index (χ4v) is 2.62. The molecule has 110 valence electrons. The third kappa shape index (κ3) is 3.11. The van der Waals surface area contributed by atoms with E-state index in [4.69, 9.17) is 5.26 Å². The highest BCUT2D eigenvalue weighted by molar-refractivity contribution is 5.79. The normalized spacial score (nSPS) is 17.9. The third-order valence-electron chi connectivity index (χ3n) is 3.68. The van der Waals surface area contributed by atoms with E-state index in [2.05, 4.69) is 5.32 Å². The third-order valence-corrected chi connectivity index (χ3v) is 3.68. The van der Waals surface area contributed by atoms with Crippen LogP contribution in [0.3, 0.4) is 0 Å². The maximum atomic E-state index is 11.7. The van der Waals surface area contributed by atoms with Crippen LogP contribution in [0.1, 0.15) is 18.4 Å². The van der Waals surface area contributed by atoms with Gasteiger partial charge >= 0.3 is 0 Å². The first-order valence-electron chi connectivity index (χ1n) is 6.72. The minimum atomic E-state index is -0.486. The zero-order valence-electron chi connectivity index (χ0n) is 11.7. The highest BCUT2D eigenvalue weighted by Gasteiger charge is 2.28. The van der Waals surface area contributed by atoms with Crippen molar-refractivity contribution in [1.29, 1.82) is 5.26 Å². The van der Waals surface area contributed by atoms with Gasteiger partial charge in [0.2, 0.25) is 5.91 Å². The van der Waals surface area contributed by atoms with E-state index in [0.29, 0.717) is 18.8 Å². The van der Waals surface area contributed by atoms with Gasteiger partial charge in [-0.15, -0.1) is 0 Å². The SMILES string of the molecule is CNC(=O)[C@H]1CCCN(c2ccc(C#N)cc2[N+](=O)[O-])C1. The first-order valence-corrected chi connectivity index (χ1v) is 6.72.